The quantitative estimate of drug-likeness (QED) is 0.876. The molecule has 0 aliphatic carbocycles. The monoisotopic (exact) mass is 333 g/mol. The van der Waals surface area contributed by atoms with Crippen molar-refractivity contribution in [2.75, 3.05) is 39.3 Å². The van der Waals surface area contributed by atoms with Crippen molar-refractivity contribution in [3.05, 3.63) is 18.0 Å². The molecule has 3 saturated heterocycles. The molecular formula is C17H27N5O2. The number of hydrogen-bond donors (Lipinski definition) is 1. The summed E-state index contributed by atoms with van der Waals surface area (Å²) >= 11 is 0. The van der Waals surface area contributed by atoms with E-state index in [2.05, 4.69) is 33.0 Å². The average Bonchev–Trinajstić information content (AvgIpc) is 3.19. The zero-order chi connectivity index (χ0) is 16.5. The summed E-state index contributed by atoms with van der Waals surface area (Å²) in [6.07, 6.45) is 4.35. The van der Waals surface area contributed by atoms with Crippen molar-refractivity contribution in [3.63, 3.8) is 0 Å². The van der Waals surface area contributed by atoms with E-state index in [1.54, 1.807) is 0 Å². The molecule has 7 heteroatoms. The highest BCUT2D eigenvalue weighted by Gasteiger charge is 2.39. The van der Waals surface area contributed by atoms with Gasteiger partial charge in [0.1, 0.15) is 6.10 Å². The third kappa shape index (κ3) is 2.91. The van der Waals surface area contributed by atoms with Gasteiger partial charge in [0.15, 0.2) is 0 Å². The molecule has 0 aromatic carbocycles. The third-order valence-corrected chi connectivity index (χ3v) is 5.55. The molecule has 3 aliphatic rings. The summed E-state index contributed by atoms with van der Waals surface area (Å²) in [7, 11) is 0. The van der Waals surface area contributed by atoms with Crippen molar-refractivity contribution in [2.24, 2.45) is 5.92 Å². The topological polar surface area (TPSA) is 62.6 Å². The maximum absolute atomic E-state index is 11.7. The van der Waals surface area contributed by atoms with E-state index < -0.39 is 0 Å². The Morgan fingerprint density at radius 1 is 1.42 bits per heavy atom. The van der Waals surface area contributed by atoms with E-state index in [1.807, 2.05) is 11.1 Å². The number of likely N-dealkylation sites (tertiary alicyclic amines) is 1. The molecule has 24 heavy (non-hydrogen) atoms. The van der Waals surface area contributed by atoms with Crippen LogP contribution in [0.15, 0.2) is 12.3 Å². The molecule has 0 radical (unpaired) electrons. The van der Waals surface area contributed by atoms with Gasteiger partial charge in [-0.3, -0.25) is 9.58 Å². The number of urea groups is 1. The first-order valence-corrected chi connectivity index (χ1v) is 9.16. The summed E-state index contributed by atoms with van der Waals surface area (Å²) in [5.74, 6) is 0.508. The molecule has 7 nitrogen and oxygen atoms in total. The molecule has 0 saturated carbocycles. The number of amides is 2. The summed E-state index contributed by atoms with van der Waals surface area (Å²) in [6, 6.07) is 2.59. The molecule has 1 N–H and O–H groups in total. The molecule has 0 unspecified atom stereocenters. The van der Waals surface area contributed by atoms with Crippen LogP contribution in [0.1, 0.15) is 31.6 Å². The number of aryl methyl sites for hydroxylation is 1. The van der Waals surface area contributed by atoms with Gasteiger partial charge >= 0.3 is 6.03 Å². The molecule has 2 amide bonds. The van der Waals surface area contributed by atoms with Crippen molar-refractivity contribution in [3.8, 4) is 0 Å². The van der Waals surface area contributed by atoms with Crippen molar-refractivity contribution in [2.45, 2.75) is 38.5 Å². The second-order valence-corrected chi connectivity index (χ2v) is 7.06. The van der Waals surface area contributed by atoms with E-state index in [9.17, 15) is 4.79 Å². The van der Waals surface area contributed by atoms with Crippen LogP contribution < -0.4 is 5.32 Å². The SMILES string of the molecule is CCn1nccc1[C@@H]1OCCC[C@H]1CN1CC(N2CCNC2=O)C1. The van der Waals surface area contributed by atoms with Gasteiger partial charge in [-0.15, -0.1) is 0 Å². The highest BCUT2D eigenvalue weighted by Crippen LogP contribution is 2.35. The number of nitrogens with zero attached hydrogens (tertiary/aromatic N) is 4. The largest absolute Gasteiger partial charge is 0.372 e. The Kier molecular flexibility index (Phi) is 4.45. The Morgan fingerprint density at radius 3 is 3.04 bits per heavy atom. The standard InChI is InChI=1S/C17H27N5O2/c1-2-22-15(5-6-19-22)16-13(4-3-9-24-16)10-20-11-14(12-20)21-8-7-18-17(21)23/h5-6,13-14,16H,2-4,7-12H2,1H3,(H,18,23)/t13-,16+/m0/s1. The first-order valence-electron chi connectivity index (χ1n) is 9.16. The predicted molar refractivity (Wildman–Crippen MR) is 89.7 cm³/mol. The summed E-state index contributed by atoms with van der Waals surface area (Å²) in [5.41, 5.74) is 1.21. The first-order chi connectivity index (χ1) is 11.8. The minimum Gasteiger partial charge on any atom is -0.372 e. The summed E-state index contributed by atoms with van der Waals surface area (Å²) in [5, 5.41) is 7.29. The summed E-state index contributed by atoms with van der Waals surface area (Å²) in [4.78, 5) is 16.2. The molecule has 0 bridgehead atoms. The third-order valence-electron chi connectivity index (χ3n) is 5.55. The van der Waals surface area contributed by atoms with Gasteiger partial charge < -0.3 is 15.0 Å². The molecule has 1 aromatic heterocycles. The molecule has 132 valence electrons. The molecule has 4 heterocycles. The van der Waals surface area contributed by atoms with E-state index in [0.29, 0.717) is 12.0 Å². The lowest BCUT2D eigenvalue weighted by molar-refractivity contribution is -0.0565. The van der Waals surface area contributed by atoms with E-state index in [-0.39, 0.29) is 12.1 Å². The van der Waals surface area contributed by atoms with Gasteiger partial charge in [0.05, 0.1) is 11.7 Å². The number of carbonyl (C=O) groups excluding carboxylic acids is 1. The zero-order valence-electron chi connectivity index (χ0n) is 14.4. The molecule has 0 spiro atoms. The van der Waals surface area contributed by atoms with Gasteiger partial charge in [-0.2, -0.15) is 5.10 Å². The minimum atomic E-state index is 0.102. The summed E-state index contributed by atoms with van der Waals surface area (Å²) < 4.78 is 8.18. The van der Waals surface area contributed by atoms with Crippen LogP contribution in [0.5, 0.6) is 0 Å². The van der Waals surface area contributed by atoms with E-state index in [1.165, 1.54) is 12.1 Å². The van der Waals surface area contributed by atoms with Crippen LogP contribution in [-0.4, -0.2) is 71.0 Å². The minimum absolute atomic E-state index is 0.102. The number of nitrogens with one attached hydrogen (secondary N) is 1. The number of hydrogen-bond acceptors (Lipinski definition) is 4. The number of aromatic nitrogens is 2. The van der Waals surface area contributed by atoms with Crippen molar-refractivity contribution < 1.29 is 9.53 Å². The maximum Gasteiger partial charge on any atom is 0.317 e. The molecule has 2 atom stereocenters. The molecule has 1 aromatic rings. The Morgan fingerprint density at radius 2 is 2.29 bits per heavy atom. The van der Waals surface area contributed by atoms with E-state index in [4.69, 9.17) is 4.74 Å². The molecule has 3 fully saturated rings. The molecule has 4 rings (SSSR count). The number of rotatable bonds is 5. The fraction of sp³-hybridized carbons (Fsp3) is 0.765. The van der Waals surface area contributed by atoms with Crippen LogP contribution in [0.2, 0.25) is 0 Å². The second kappa shape index (κ2) is 6.72. The lowest BCUT2D eigenvalue weighted by Gasteiger charge is -2.46. The Bertz CT molecular complexity index is 583. The zero-order valence-corrected chi connectivity index (χ0v) is 14.4. The Balaban J connectivity index is 1.36. The number of carbonyl (C=O) groups is 1. The predicted octanol–water partition coefficient (Wildman–Crippen LogP) is 1.08. The van der Waals surface area contributed by atoms with E-state index in [0.717, 1.165) is 52.3 Å². The Hall–Kier alpha value is -1.60. The van der Waals surface area contributed by atoms with Gasteiger partial charge in [0.2, 0.25) is 0 Å². The van der Waals surface area contributed by atoms with Gasteiger partial charge in [-0.05, 0) is 25.8 Å². The molecular weight excluding hydrogens is 306 g/mol. The smallest absolute Gasteiger partial charge is 0.317 e. The van der Waals surface area contributed by atoms with Gasteiger partial charge in [-0.1, -0.05) is 0 Å². The van der Waals surface area contributed by atoms with Crippen LogP contribution in [-0.2, 0) is 11.3 Å². The fourth-order valence-corrected chi connectivity index (χ4v) is 4.26. The average molecular weight is 333 g/mol. The summed E-state index contributed by atoms with van der Waals surface area (Å²) in [6.45, 7) is 8.50. The van der Waals surface area contributed by atoms with Crippen molar-refractivity contribution in [1.82, 2.24) is 24.9 Å². The van der Waals surface area contributed by atoms with Crippen LogP contribution in [0.25, 0.3) is 0 Å². The van der Waals surface area contributed by atoms with Gasteiger partial charge in [0.25, 0.3) is 0 Å². The van der Waals surface area contributed by atoms with E-state index >= 15 is 0 Å². The van der Waals surface area contributed by atoms with Crippen LogP contribution >= 0.6 is 0 Å². The van der Waals surface area contributed by atoms with Gasteiger partial charge in [0, 0.05) is 58.0 Å². The highest BCUT2D eigenvalue weighted by molar-refractivity contribution is 5.76. The second-order valence-electron chi connectivity index (χ2n) is 7.06. The Labute approximate surface area is 142 Å². The highest BCUT2D eigenvalue weighted by atomic mass is 16.5. The lowest BCUT2D eigenvalue weighted by Crippen LogP contribution is -2.61. The first kappa shape index (κ1) is 15.9. The number of ether oxygens (including phenoxy) is 1. The van der Waals surface area contributed by atoms with Crippen molar-refractivity contribution >= 4 is 6.03 Å². The fourth-order valence-electron chi connectivity index (χ4n) is 4.26. The van der Waals surface area contributed by atoms with Gasteiger partial charge in [-0.25, -0.2) is 4.79 Å². The van der Waals surface area contributed by atoms with Crippen LogP contribution in [0.3, 0.4) is 0 Å². The van der Waals surface area contributed by atoms with Crippen LogP contribution in [0, 0.1) is 5.92 Å². The van der Waals surface area contributed by atoms with Crippen molar-refractivity contribution in [1.29, 1.82) is 0 Å². The normalized spacial score (nSPS) is 28.9. The molecule has 3 aliphatic heterocycles. The lowest BCUT2D eigenvalue weighted by atomic mass is 9.90. The maximum atomic E-state index is 11.7. The van der Waals surface area contributed by atoms with Crippen LogP contribution in [0.4, 0.5) is 4.79 Å².